The fourth-order valence-electron chi connectivity index (χ4n) is 9.17. The summed E-state index contributed by atoms with van der Waals surface area (Å²) in [5.41, 5.74) is 0. The van der Waals surface area contributed by atoms with Gasteiger partial charge in [0.25, 0.3) is 0 Å². The zero-order chi connectivity index (χ0) is 56.4. The van der Waals surface area contributed by atoms with Gasteiger partial charge in [0.2, 0.25) is 0 Å². The van der Waals surface area contributed by atoms with Crippen LogP contribution in [0.2, 0.25) is 0 Å². The summed E-state index contributed by atoms with van der Waals surface area (Å²) in [6, 6.07) is 0. The highest BCUT2D eigenvalue weighted by Gasteiger charge is 2.19. The van der Waals surface area contributed by atoms with Gasteiger partial charge in [0.15, 0.2) is 6.10 Å². The molecule has 0 radical (unpaired) electrons. The summed E-state index contributed by atoms with van der Waals surface area (Å²) in [6.07, 6.45) is 89.7. The van der Waals surface area contributed by atoms with Crippen molar-refractivity contribution in [1.29, 1.82) is 0 Å². The third kappa shape index (κ3) is 62.9. The van der Waals surface area contributed by atoms with Gasteiger partial charge in [-0.2, -0.15) is 0 Å². The van der Waals surface area contributed by atoms with Crippen LogP contribution in [0.25, 0.3) is 0 Å². The van der Waals surface area contributed by atoms with E-state index in [2.05, 4.69) is 130 Å². The Labute approximate surface area is 482 Å². The van der Waals surface area contributed by atoms with Gasteiger partial charge in [0.1, 0.15) is 13.2 Å². The molecule has 0 aliphatic rings. The molecule has 6 nitrogen and oxygen atoms in total. The minimum absolute atomic E-state index is 0.104. The highest BCUT2D eigenvalue weighted by Crippen LogP contribution is 2.17. The lowest BCUT2D eigenvalue weighted by atomic mass is 10.0. The van der Waals surface area contributed by atoms with Crippen LogP contribution in [0.3, 0.4) is 0 Å². The molecule has 0 rings (SSSR count). The summed E-state index contributed by atoms with van der Waals surface area (Å²) in [5, 5.41) is 0. The van der Waals surface area contributed by atoms with E-state index in [4.69, 9.17) is 14.2 Å². The monoisotopic (exact) mass is 1080 g/mol. The smallest absolute Gasteiger partial charge is 0.306 e. The topological polar surface area (TPSA) is 78.9 Å². The Bertz CT molecular complexity index is 1570. The Balaban J connectivity index is 4.37. The number of ether oxygens (including phenoxy) is 3. The summed E-state index contributed by atoms with van der Waals surface area (Å²) < 4.78 is 16.9. The van der Waals surface area contributed by atoms with Crippen molar-refractivity contribution in [3.8, 4) is 0 Å². The molecule has 1 unspecified atom stereocenters. The van der Waals surface area contributed by atoms with E-state index < -0.39 is 6.10 Å². The van der Waals surface area contributed by atoms with E-state index in [1.54, 1.807) is 0 Å². The van der Waals surface area contributed by atoms with Crippen molar-refractivity contribution in [2.45, 2.75) is 316 Å². The molecule has 0 aromatic heterocycles. The van der Waals surface area contributed by atoms with Gasteiger partial charge in [-0.1, -0.05) is 297 Å². The number of carbonyl (C=O) groups is 3. The summed E-state index contributed by atoms with van der Waals surface area (Å²) >= 11 is 0. The Morgan fingerprint density at radius 1 is 0.269 bits per heavy atom. The van der Waals surface area contributed by atoms with E-state index in [1.807, 2.05) is 0 Å². The second-order valence-corrected chi connectivity index (χ2v) is 21.6. The molecule has 0 amide bonds. The second kappa shape index (κ2) is 65.6. The third-order valence-electron chi connectivity index (χ3n) is 14.0. The van der Waals surface area contributed by atoms with E-state index in [9.17, 15) is 14.4 Å². The molecule has 0 fully saturated rings. The lowest BCUT2D eigenvalue weighted by Crippen LogP contribution is -2.30. The van der Waals surface area contributed by atoms with Gasteiger partial charge in [-0.05, 0) is 103 Å². The van der Waals surface area contributed by atoms with Gasteiger partial charge >= 0.3 is 17.9 Å². The summed E-state index contributed by atoms with van der Waals surface area (Å²) in [5.74, 6) is -0.971. The molecular formula is C72H122O6. The van der Waals surface area contributed by atoms with Crippen LogP contribution < -0.4 is 0 Å². The molecule has 0 saturated carbocycles. The molecule has 0 N–H and O–H groups in total. The van der Waals surface area contributed by atoms with E-state index in [0.29, 0.717) is 19.3 Å². The quantitative estimate of drug-likeness (QED) is 0.0261. The highest BCUT2D eigenvalue weighted by molar-refractivity contribution is 5.71. The first-order valence-corrected chi connectivity index (χ1v) is 32.9. The largest absolute Gasteiger partial charge is 0.462 e. The van der Waals surface area contributed by atoms with Gasteiger partial charge in [-0.15, -0.1) is 0 Å². The first kappa shape index (κ1) is 74.1. The average Bonchev–Trinajstić information content (AvgIpc) is 3.44. The molecule has 0 aromatic carbocycles. The summed E-state index contributed by atoms with van der Waals surface area (Å²) in [7, 11) is 0. The van der Waals surface area contributed by atoms with Crippen LogP contribution in [0, 0.1) is 0 Å². The van der Waals surface area contributed by atoms with Crippen LogP contribution in [-0.2, 0) is 28.6 Å². The van der Waals surface area contributed by atoms with Crippen LogP contribution in [0.4, 0.5) is 0 Å². The normalized spacial score (nSPS) is 12.8. The number of rotatable bonds is 59. The number of carbonyl (C=O) groups excluding carboxylic acids is 3. The minimum atomic E-state index is -0.815. The summed E-state index contributed by atoms with van der Waals surface area (Å²) in [4.78, 5) is 38.3. The molecule has 78 heavy (non-hydrogen) atoms. The van der Waals surface area contributed by atoms with Crippen molar-refractivity contribution < 1.29 is 28.6 Å². The lowest BCUT2D eigenvalue weighted by molar-refractivity contribution is -0.167. The number of hydrogen-bond acceptors (Lipinski definition) is 6. The average molecular weight is 1080 g/mol. The first-order valence-electron chi connectivity index (χ1n) is 32.9. The van der Waals surface area contributed by atoms with E-state index >= 15 is 0 Å². The molecule has 0 aromatic rings. The van der Waals surface area contributed by atoms with E-state index in [1.165, 1.54) is 148 Å². The van der Waals surface area contributed by atoms with Crippen LogP contribution in [0.1, 0.15) is 310 Å². The fraction of sp³-hybridized carbons (Fsp3) is 0.708. The van der Waals surface area contributed by atoms with Gasteiger partial charge in [0.05, 0.1) is 0 Å². The van der Waals surface area contributed by atoms with Gasteiger partial charge in [-0.25, -0.2) is 0 Å². The van der Waals surface area contributed by atoms with Crippen molar-refractivity contribution in [3.63, 3.8) is 0 Å². The number of hydrogen-bond donors (Lipinski definition) is 0. The van der Waals surface area contributed by atoms with Crippen LogP contribution in [0.15, 0.2) is 109 Å². The molecule has 0 saturated heterocycles. The van der Waals surface area contributed by atoms with E-state index in [0.717, 1.165) is 116 Å². The second-order valence-electron chi connectivity index (χ2n) is 21.6. The number of esters is 3. The van der Waals surface area contributed by atoms with Crippen LogP contribution >= 0.6 is 0 Å². The maximum Gasteiger partial charge on any atom is 0.306 e. The SMILES string of the molecule is CC/C=C\C/C=C\C/C=C\C/C=C\C/C=C\CCCCCC(=O)OC(COC(=O)CCCC/C=C\C/C=C\C/C=C\C/C=C\CC)COC(=O)CCCCCCCCCCCCCCCCCCCCCCCCCCCC. The molecule has 446 valence electrons. The molecule has 0 spiro atoms. The Hall–Kier alpha value is -3.93. The standard InChI is InChI=1S/C72H122O6/c1-4-7-10-13-16-19-22-25-28-30-32-33-34-35-36-37-38-40-41-44-47-50-53-56-59-62-65-71(74)77-68-69(67-76-70(73)64-61-58-55-52-49-46-43-27-24-21-18-15-12-9-6-3)78-72(75)66-63-60-57-54-51-48-45-42-39-31-29-26-23-20-17-14-11-8-5-2/h8-9,11-12,17-18,20-21,26-27,29,39,42-43,48-49,51-52,69H,4-7,10,13-16,19,22-25,28,30-38,40-41,44-47,50,53-68H2,1-3H3/b11-8-,12-9-,20-17-,21-18-,29-26-,42-39-,43-27-,51-48-,52-49-. The van der Waals surface area contributed by atoms with Gasteiger partial charge < -0.3 is 14.2 Å². The molecule has 0 bridgehead atoms. The number of unbranched alkanes of at least 4 members (excludes halogenated alkanes) is 30. The molecule has 0 aliphatic heterocycles. The minimum Gasteiger partial charge on any atom is -0.462 e. The highest BCUT2D eigenvalue weighted by atomic mass is 16.6. The predicted molar refractivity (Wildman–Crippen MR) is 339 cm³/mol. The molecule has 0 heterocycles. The van der Waals surface area contributed by atoms with Crippen LogP contribution in [-0.4, -0.2) is 37.2 Å². The van der Waals surface area contributed by atoms with Gasteiger partial charge in [-0.3, -0.25) is 14.4 Å². The predicted octanol–water partition coefficient (Wildman–Crippen LogP) is 22.6. The first-order chi connectivity index (χ1) is 38.5. The zero-order valence-corrected chi connectivity index (χ0v) is 51.2. The molecule has 0 aliphatic carbocycles. The fourth-order valence-corrected chi connectivity index (χ4v) is 9.17. The van der Waals surface area contributed by atoms with Crippen molar-refractivity contribution in [2.24, 2.45) is 0 Å². The summed E-state index contributed by atoms with van der Waals surface area (Å²) in [6.45, 7) is 6.38. The third-order valence-corrected chi connectivity index (χ3v) is 14.0. The maximum absolute atomic E-state index is 12.9. The molecule has 1 atom stereocenters. The maximum atomic E-state index is 12.9. The molecular weight excluding hydrogens is 961 g/mol. The Morgan fingerprint density at radius 3 is 0.808 bits per heavy atom. The Kier molecular flexibility index (Phi) is 62.3. The van der Waals surface area contributed by atoms with Crippen LogP contribution in [0.5, 0.6) is 0 Å². The Morgan fingerprint density at radius 2 is 0.500 bits per heavy atom. The molecule has 6 heteroatoms. The van der Waals surface area contributed by atoms with Crippen molar-refractivity contribution in [1.82, 2.24) is 0 Å². The van der Waals surface area contributed by atoms with Crippen molar-refractivity contribution in [3.05, 3.63) is 109 Å². The van der Waals surface area contributed by atoms with Gasteiger partial charge in [0, 0.05) is 19.3 Å². The zero-order valence-electron chi connectivity index (χ0n) is 51.2. The van der Waals surface area contributed by atoms with E-state index in [-0.39, 0.29) is 37.5 Å². The van der Waals surface area contributed by atoms with Crippen molar-refractivity contribution in [2.75, 3.05) is 13.2 Å². The number of allylic oxidation sites excluding steroid dienone is 18. The van der Waals surface area contributed by atoms with Crippen molar-refractivity contribution >= 4 is 17.9 Å². The lowest BCUT2D eigenvalue weighted by Gasteiger charge is -2.18.